The summed E-state index contributed by atoms with van der Waals surface area (Å²) in [4.78, 5) is 10.8. The van der Waals surface area contributed by atoms with E-state index in [9.17, 15) is 5.11 Å². The molecule has 1 fully saturated rings. The molecule has 0 spiro atoms. The van der Waals surface area contributed by atoms with Crippen molar-refractivity contribution in [1.29, 1.82) is 0 Å². The Bertz CT molecular complexity index is 544. The Hall–Kier alpha value is -1.82. The number of hydrogen-bond donors (Lipinski definition) is 2. The molecule has 1 aliphatic rings. The van der Waals surface area contributed by atoms with E-state index in [4.69, 9.17) is 5.73 Å². The smallest absolute Gasteiger partial charge is 0.230 e. The molecule has 0 aromatic carbocycles. The van der Waals surface area contributed by atoms with Crippen molar-refractivity contribution >= 4 is 11.5 Å². The van der Waals surface area contributed by atoms with Crippen molar-refractivity contribution < 1.29 is 5.11 Å². The third-order valence-electron chi connectivity index (χ3n) is 3.07. The maximum absolute atomic E-state index is 9.64. The van der Waals surface area contributed by atoms with Crippen molar-refractivity contribution in [1.82, 2.24) is 14.4 Å². The molecule has 0 amide bonds. The van der Waals surface area contributed by atoms with Gasteiger partial charge in [-0.25, -0.2) is 4.98 Å². The van der Waals surface area contributed by atoms with Gasteiger partial charge in [-0.05, 0) is 12.8 Å². The SMILES string of the molecule is NCc1cn2cc(O)nc(N3CCCC3)c2n1. The number of imidazole rings is 1. The van der Waals surface area contributed by atoms with E-state index < -0.39 is 0 Å². The highest BCUT2D eigenvalue weighted by molar-refractivity contribution is 5.65. The molecule has 2 aromatic rings. The Morgan fingerprint density at radius 3 is 2.71 bits per heavy atom. The van der Waals surface area contributed by atoms with E-state index in [0.717, 1.165) is 43.1 Å². The van der Waals surface area contributed by atoms with Crippen molar-refractivity contribution in [2.45, 2.75) is 19.4 Å². The van der Waals surface area contributed by atoms with Crippen molar-refractivity contribution in [2.75, 3.05) is 18.0 Å². The first kappa shape index (κ1) is 10.3. The number of nitrogens with two attached hydrogens (primary N) is 1. The number of fused-ring (bicyclic) bond motifs is 1. The molecule has 1 aliphatic heterocycles. The van der Waals surface area contributed by atoms with Crippen LogP contribution in [0.15, 0.2) is 12.4 Å². The minimum atomic E-state index is 0.0142. The highest BCUT2D eigenvalue weighted by Crippen LogP contribution is 2.25. The van der Waals surface area contributed by atoms with Crippen molar-refractivity contribution in [3.8, 4) is 5.88 Å². The van der Waals surface area contributed by atoms with Crippen molar-refractivity contribution in [3.63, 3.8) is 0 Å². The molecule has 1 saturated heterocycles. The van der Waals surface area contributed by atoms with Crippen LogP contribution in [-0.4, -0.2) is 32.6 Å². The summed E-state index contributed by atoms with van der Waals surface area (Å²) in [5, 5.41) is 9.64. The summed E-state index contributed by atoms with van der Waals surface area (Å²) in [7, 11) is 0. The Morgan fingerprint density at radius 1 is 1.24 bits per heavy atom. The normalized spacial score (nSPS) is 15.9. The van der Waals surface area contributed by atoms with Crippen LogP contribution in [0.3, 0.4) is 0 Å². The summed E-state index contributed by atoms with van der Waals surface area (Å²) in [5.74, 6) is 0.766. The van der Waals surface area contributed by atoms with E-state index in [0.29, 0.717) is 6.54 Å². The van der Waals surface area contributed by atoms with Crippen LogP contribution < -0.4 is 10.6 Å². The van der Waals surface area contributed by atoms with Crippen LogP contribution >= 0.6 is 0 Å². The predicted octanol–water partition coefficient (Wildman–Crippen LogP) is 0.494. The Balaban J connectivity index is 2.17. The van der Waals surface area contributed by atoms with E-state index >= 15 is 0 Å². The van der Waals surface area contributed by atoms with Crippen LogP contribution in [0, 0.1) is 0 Å². The Morgan fingerprint density at radius 2 is 2.00 bits per heavy atom. The second-order valence-corrected chi connectivity index (χ2v) is 4.28. The molecule has 17 heavy (non-hydrogen) atoms. The maximum Gasteiger partial charge on any atom is 0.230 e. The fraction of sp³-hybridized carbons (Fsp3) is 0.455. The largest absolute Gasteiger partial charge is 0.492 e. The van der Waals surface area contributed by atoms with Gasteiger partial charge in [-0.15, -0.1) is 0 Å². The summed E-state index contributed by atoms with van der Waals surface area (Å²) in [6.45, 7) is 2.33. The van der Waals surface area contributed by atoms with Crippen LogP contribution in [0.5, 0.6) is 5.88 Å². The summed E-state index contributed by atoms with van der Waals surface area (Å²) < 4.78 is 1.79. The van der Waals surface area contributed by atoms with Gasteiger partial charge in [0.2, 0.25) is 5.88 Å². The van der Waals surface area contributed by atoms with Gasteiger partial charge < -0.3 is 15.7 Å². The molecule has 2 aromatic heterocycles. The van der Waals surface area contributed by atoms with Gasteiger partial charge in [0.15, 0.2) is 11.5 Å². The molecule has 0 unspecified atom stereocenters. The average Bonchev–Trinajstić information content (AvgIpc) is 2.96. The van der Waals surface area contributed by atoms with E-state index in [1.54, 1.807) is 10.6 Å². The number of rotatable bonds is 2. The third kappa shape index (κ3) is 1.70. The molecule has 6 nitrogen and oxygen atoms in total. The zero-order valence-electron chi connectivity index (χ0n) is 9.50. The maximum atomic E-state index is 9.64. The molecule has 0 radical (unpaired) electrons. The number of anilines is 1. The van der Waals surface area contributed by atoms with Crippen molar-refractivity contribution in [3.05, 3.63) is 18.1 Å². The Labute approximate surface area is 98.7 Å². The second-order valence-electron chi connectivity index (χ2n) is 4.28. The van der Waals surface area contributed by atoms with Gasteiger partial charge in [-0.3, -0.25) is 4.40 Å². The fourth-order valence-electron chi connectivity index (χ4n) is 2.26. The molecular formula is C11H15N5O. The second kappa shape index (κ2) is 3.89. The molecular weight excluding hydrogens is 218 g/mol. The summed E-state index contributed by atoms with van der Waals surface area (Å²) in [5.41, 5.74) is 7.16. The van der Waals surface area contributed by atoms with Gasteiger partial charge in [0, 0.05) is 25.8 Å². The van der Waals surface area contributed by atoms with E-state index in [-0.39, 0.29) is 5.88 Å². The van der Waals surface area contributed by atoms with E-state index in [1.807, 2.05) is 6.20 Å². The molecule has 0 bridgehead atoms. The number of aromatic nitrogens is 3. The van der Waals surface area contributed by atoms with Crippen LogP contribution in [0.25, 0.3) is 5.65 Å². The van der Waals surface area contributed by atoms with Crippen molar-refractivity contribution in [2.24, 2.45) is 5.73 Å². The van der Waals surface area contributed by atoms with E-state index in [2.05, 4.69) is 14.9 Å². The topological polar surface area (TPSA) is 79.7 Å². The molecule has 3 N–H and O–H groups in total. The third-order valence-corrected chi connectivity index (χ3v) is 3.07. The highest BCUT2D eigenvalue weighted by Gasteiger charge is 2.19. The van der Waals surface area contributed by atoms with Gasteiger partial charge in [-0.2, -0.15) is 4.98 Å². The quantitative estimate of drug-likeness (QED) is 0.789. The average molecular weight is 233 g/mol. The molecule has 0 saturated carbocycles. The molecule has 6 heteroatoms. The highest BCUT2D eigenvalue weighted by atomic mass is 16.3. The molecule has 0 atom stereocenters. The summed E-state index contributed by atoms with van der Waals surface area (Å²) >= 11 is 0. The lowest BCUT2D eigenvalue weighted by atomic mass is 10.4. The number of nitrogens with zero attached hydrogens (tertiary/aromatic N) is 4. The lowest BCUT2D eigenvalue weighted by Gasteiger charge is -2.16. The first-order chi connectivity index (χ1) is 8.28. The fourth-order valence-corrected chi connectivity index (χ4v) is 2.26. The van der Waals surface area contributed by atoms with Crippen LogP contribution in [-0.2, 0) is 6.54 Å². The zero-order chi connectivity index (χ0) is 11.8. The number of aromatic hydroxyl groups is 1. The summed E-state index contributed by atoms with van der Waals surface area (Å²) in [6, 6.07) is 0. The lowest BCUT2D eigenvalue weighted by molar-refractivity contribution is 0.450. The number of hydrogen-bond acceptors (Lipinski definition) is 5. The minimum absolute atomic E-state index is 0.0142. The van der Waals surface area contributed by atoms with Gasteiger partial charge in [0.1, 0.15) is 0 Å². The van der Waals surface area contributed by atoms with Gasteiger partial charge in [-0.1, -0.05) is 0 Å². The molecule has 3 rings (SSSR count). The van der Waals surface area contributed by atoms with Crippen LogP contribution in [0.1, 0.15) is 18.5 Å². The van der Waals surface area contributed by atoms with Crippen LogP contribution in [0.4, 0.5) is 5.82 Å². The van der Waals surface area contributed by atoms with Gasteiger partial charge in [0.25, 0.3) is 0 Å². The standard InChI is InChI=1S/C11H15N5O/c12-5-8-6-16-7-9(17)14-11(10(16)13-8)15-3-1-2-4-15/h6-7,17H,1-5,12H2. The zero-order valence-corrected chi connectivity index (χ0v) is 9.50. The van der Waals surface area contributed by atoms with Crippen LogP contribution in [0.2, 0.25) is 0 Å². The Kier molecular flexibility index (Phi) is 2.36. The molecule has 90 valence electrons. The summed E-state index contributed by atoms with van der Waals surface area (Å²) in [6.07, 6.45) is 5.71. The van der Waals surface area contributed by atoms with E-state index in [1.165, 1.54) is 0 Å². The lowest BCUT2D eigenvalue weighted by Crippen LogP contribution is -2.20. The minimum Gasteiger partial charge on any atom is -0.492 e. The monoisotopic (exact) mass is 233 g/mol. The van der Waals surface area contributed by atoms with Gasteiger partial charge >= 0.3 is 0 Å². The molecule has 3 heterocycles. The first-order valence-corrected chi connectivity index (χ1v) is 5.80. The molecule has 0 aliphatic carbocycles. The predicted molar refractivity (Wildman–Crippen MR) is 64.0 cm³/mol. The first-order valence-electron chi connectivity index (χ1n) is 5.80. The van der Waals surface area contributed by atoms with Gasteiger partial charge in [0.05, 0.1) is 11.9 Å².